The molecule has 5 aromatic heterocycles. The Labute approximate surface area is 910 Å². The van der Waals surface area contributed by atoms with E-state index in [2.05, 4.69) is 217 Å². The van der Waals surface area contributed by atoms with Crippen LogP contribution in [0.5, 0.6) is 28.7 Å². The van der Waals surface area contributed by atoms with Crippen molar-refractivity contribution in [3.63, 3.8) is 0 Å². The summed E-state index contributed by atoms with van der Waals surface area (Å²) in [6.07, 6.45) is 27.9. The van der Waals surface area contributed by atoms with Gasteiger partial charge in [-0.1, -0.05) is 240 Å². The zero-order valence-electron chi connectivity index (χ0n) is 87.2. The van der Waals surface area contributed by atoms with Crippen LogP contribution in [0.4, 0.5) is 0 Å². The number of ether oxygens (including phenoxy) is 7. The number of benzene rings is 10. The number of esters is 2. The number of hydrogen-bond acceptors (Lipinski definition) is 14. The molecule has 10 aromatic carbocycles. The normalized spacial score (nSPS) is 15.8. The monoisotopic (exact) mass is 2020 g/mol. The van der Waals surface area contributed by atoms with Crippen LogP contribution in [0.15, 0.2) is 237 Å². The molecule has 5 atom stereocenters. The standard InChI is InChI=1S/C26H31NO3.C24H28ClNO2.C23H25NO3.C22H24ClNO.C22H23NO4.C4H9.CH4.Al.2Li.H3N.4H/c1-29-23-16-9-15-22-26(23)25-20(13-8-17-24(28)30-2)12-6-7-14-21(25)27(22)18-19-10-4-3-5-11-19;1-28-21-14-13-19(25)24-23(21)22-18(11-7-15-27)10-5-6-12-20(22)26(24)16-17-8-3-2-4-9-17;1-26-20-14-8-13-19-22(20)21-17(23(25)27-2)11-6-7-12-18(21)24(19)15-16-9-4-3-5-10-16;1-25-20-13-7-12-19-22(20)21-17(14-23)10-5-6-11-18(21)24(19)15-16-8-3-2-4-9-16;1-26-19-13-7-12-18-21(19)20-16(22(24)27-25)10-5-6-11-17(20)23(18)14-15-8-3-2-4-9-15;1-3-4-2;;;;;;;;;/h3-5,9-11,15-16,20H,6-8,12-14,17-18H2,1-2H3;2-4,8-9,13-14,18,27H,5-7,10-12,15-16H2,1H3;3-5,8-10,13-14,17H,6-7,11-12,15H2,1-2H3;2-4,7-9,12-13,17H,5-6,10-11,14-15H2,1H3;2-4,7-9,12-13,16,25H,5-6,10-11,14H2,1H3;1,3-4H2,2H3;1H4;;;;1H3;;;;/q;;;;;-1;;;2*+1;;;;;-1. The van der Waals surface area contributed by atoms with Gasteiger partial charge >= 0.3 is 55.6 Å². The summed E-state index contributed by atoms with van der Waals surface area (Å²) >= 11 is 13.1. The number of unbranched alkanes of at least 4 members (excludes halogenated alkanes) is 1. The average molecular weight is 2020 g/mol. The quantitative estimate of drug-likeness (QED) is 0.00670. The predicted octanol–water partition coefficient (Wildman–Crippen LogP) is 22.1. The van der Waals surface area contributed by atoms with Crippen LogP contribution in [-0.2, 0) is 93.6 Å². The van der Waals surface area contributed by atoms with Gasteiger partial charge in [0.25, 0.3) is 0 Å². The number of aliphatic hydroxyl groups excluding tert-OH is 1. The number of fused-ring (bicyclic) bond motifs is 15. The van der Waals surface area contributed by atoms with E-state index in [1.807, 2.05) is 60.7 Å². The van der Waals surface area contributed by atoms with E-state index in [1.165, 1.54) is 160 Å². The summed E-state index contributed by atoms with van der Waals surface area (Å²) in [5.74, 6) is 4.79. The second kappa shape index (κ2) is 58.5. The van der Waals surface area contributed by atoms with E-state index in [9.17, 15) is 19.5 Å². The Bertz CT molecular complexity index is 6500. The predicted molar refractivity (Wildman–Crippen MR) is 593 cm³/mol. The van der Waals surface area contributed by atoms with Gasteiger partial charge in [0.05, 0.1) is 94.2 Å². The third kappa shape index (κ3) is 27.0. The Kier molecular flexibility index (Phi) is 47.0. The first-order chi connectivity index (χ1) is 69.2. The van der Waals surface area contributed by atoms with E-state index >= 15 is 0 Å². The van der Waals surface area contributed by atoms with Crippen LogP contribution in [0.25, 0.3) is 54.5 Å². The number of carbonyl (C=O) groups is 3. The molecule has 0 radical (unpaired) electrons. The van der Waals surface area contributed by atoms with Gasteiger partial charge in [-0.3, -0.25) is 9.59 Å². The number of nitrogens with zero attached hydrogens (tertiary/aromatic N) is 5. The molecular weight excluding hydrogens is 1870 g/mol. The number of aliphatic hydroxyl groups is 1. The van der Waals surface area contributed by atoms with E-state index in [1.54, 1.807) is 35.5 Å². The van der Waals surface area contributed by atoms with Crippen molar-refractivity contribution in [3.05, 3.63) is 333 Å². The largest absolute Gasteiger partial charge is 1.00 e. The van der Waals surface area contributed by atoms with Crippen molar-refractivity contribution >= 4 is 113 Å². The van der Waals surface area contributed by atoms with Crippen molar-refractivity contribution in [2.75, 3.05) is 62.3 Å². The maximum absolute atomic E-state index is 12.6. The number of carbonyl (C=O) groups excluding carboxylic acids is 3. The fourth-order valence-corrected chi connectivity index (χ4v) is 23.3. The van der Waals surface area contributed by atoms with Gasteiger partial charge in [0.2, 0.25) is 0 Å². The van der Waals surface area contributed by atoms with E-state index in [0.717, 1.165) is 220 Å². The summed E-state index contributed by atoms with van der Waals surface area (Å²) in [6, 6.07) is 81.5. The summed E-state index contributed by atoms with van der Waals surface area (Å²) in [4.78, 5) is 40.8. The smallest absolute Gasteiger partial charge is 1.00 e. The third-order valence-corrected chi connectivity index (χ3v) is 29.9. The van der Waals surface area contributed by atoms with Gasteiger partial charge in [-0.25, -0.2) is 4.79 Å². The first-order valence-corrected chi connectivity index (χ1v) is 51.9. The molecule has 766 valence electrons. The number of hydrogen-bond donors (Lipinski definition) is 3. The summed E-state index contributed by atoms with van der Waals surface area (Å²) in [5, 5.41) is 25.0. The van der Waals surface area contributed by atoms with Gasteiger partial charge < -0.3 is 80.5 Å². The summed E-state index contributed by atoms with van der Waals surface area (Å²) in [5.41, 5.74) is 25.1. The van der Waals surface area contributed by atoms with Crippen LogP contribution >= 0.6 is 23.2 Å². The molecule has 24 heteroatoms. The molecule has 0 amide bonds. The van der Waals surface area contributed by atoms with E-state index < -0.39 is 11.9 Å². The van der Waals surface area contributed by atoms with Gasteiger partial charge in [-0.15, -0.1) is 11.6 Å². The minimum absolute atomic E-state index is 0. The Morgan fingerprint density at radius 3 is 0.993 bits per heavy atom. The summed E-state index contributed by atoms with van der Waals surface area (Å²) < 4.78 is 50.7. The maximum atomic E-state index is 12.6. The van der Waals surface area contributed by atoms with Crippen molar-refractivity contribution < 1.29 is 102 Å². The summed E-state index contributed by atoms with van der Waals surface area (Å²) in [7, 11) is 11.6. The second-order valence-electron chi connectivity index (χ2n) is 37.8. The van der Waals surface area contributed by atoms with Gasteiger partial charge in [-0.05, 0) is 256 Å². The third-order valence-electron chi connectivity index (χ3n) is 29.2. The first kappa shape index (κ1) is 117. The topological polar surface area (TPSA) is 225 Å². The van der Waals surface area contributed by atoms with Crippen LogP contribution in [0, 0.1) is 6.92 Å². The first-order valence-electron chi connectivity index (χ1n) is 50.9. The van der Waals surface area contributed by atoms with Crippen molar-refractivity contribution in [2.45, 2.75) is 250 Å². The Morgan fingerprint density at radius 2 is 0.671 bits per heavy atom. The molecule has 5 heterocycles. The molecule has 5 aliphatic carbocycles. The zero-order chi connectivity index (χ0) is 98.7. The minimum Gasteiger partial charge on any atom is -1.00 e. The maximum Gasteiger partial charge on any atom is 1.00 e. The molecule has 0 bridgehead atoms. The van der Waals surface area contributed by atoms with Gasteiger partial charge in [-0.2, -0.15) is 11.7 Å². The molecule has 19 nitrogen and oxygen atoms in total. The van der Waals surface area contributed by atoms with Crippen LogP contribution in [0.1, 0.15) is 271 Å². The van der Waals surface area contributed by atoms with Crippen LogP contribution < -0.4 is 67.6 Å². The zero-order valence-corrected chi connectivity index (χ0v) is 87.7. The summed E-state index contributed by atoms with van der Waals surface area (Å²) in [6.45, 7) is 10.1. The number of rotatable bonds is 26. The molecule has 5 N–H and O–H groups in total. The Balaban J connectivity index is 0.000000200. The SMILES string of the molecule is C.COC(=O)C1CCCCc2c1c1c(OC)cccc1n2Cc1ccccc1.COC(=O)CCCC1CCCCc2c1c1c(OC)cccc1n2Cc1ccccc1.COc1ccc(Cl)c2c1c1c(n2Cc2ccccc2)CCCCC1CCCO.COc1cccc2c1c1c(n2Cc2ccccc2)CCCCC1C(=O)OO.COc1cccc2c1c1c(n2Cc2ccccc2)CCCCC1CCl.N.[AlH3].[CH2-]CCC.[H-].[Li+].[Li+]. The van der Waals surface area contributed by atoms with Gasteiger partial charge in [0.15, 0.2) is 17.4 Å². The molecule has 0 saturated carbocycles. The molecule has 5 aliphatic rings. The van der Waals surface area contributed by atoms with E-state index in [4.69, 9.17) is 61.6 Å². The molecule has 5 unspecified atom stereocenters. The fourth-order valence-electron chi connectivity index (χ4n) is 22.7. The molecule has 0 saturated heterocycles. The number of aromatic nitrogens is 5. The van der Waals surface area contributed by atoms with Crippen molar-refractivity contribution in [1.82, 2.24) is 29.0 Å². The van der Waals surface area contributed by atoms with Crippen molar-refractivity contribution in [1.29, 1.82) is 0 Å². The molecule has 0 aliphatic heterocycles. The van der Waals surface area contributed by atoms with Gasteiger partial charge in [0, 0.05) is 107 Å². The Hall–Kier alpha value is -10.5. The van der Waals surface area contributed by atoms with Crippen molar-refractivity contribution in [2.24, 2.45) is 0 Å². The average Bonchev–Trinajstić information content (AvgIpc) is 1.56. The second-order valence-corrected chi connectivity index (χ2v) is 38.5. The Morgan fingerprint density at radius 1 is 0.377 bits per heavy atom. The minimum atomic E-state index is -0.595. The van der Waals surface area contributed by atoms with Gasteiger partial charge in [0.1, 0.15) is 28.7 Å². The number of alkyl halides is 1. The molecule has 20 rings (SSSR count). The van der Waals surface area contributed by atoms with Crippen molar-refractivity contribution in [3.8, 4) is 28.7 Å². The van der Waals surface area contributed by atoms with Crippen LogP contribution in [-0.4, -0.2) is 131 Å². The molecule has 0 spiro atoms. The number of methoxy groups -OCH3 is 7. The van der Waals surface area contributed by atoms with Crippen LogP contribution in [0.2, 0.25) is 5.02 Å². The molecule has 0 fully saturated rings. The molecular formula is C122H151AlCl2Li2N6O13. The number of halogens is 2. The fraction of sp³-hybridized carbons (Fsp3) is 0.393. The van der Waals surface area contributed by atoms with E-state index in [-0.39, 0.29) is 94.5 Å². The molecule has 146 heavy (non-hydrogen) atoms. The van der Waals surface area contributed by atoms with Crippen LogP contribution in [0.3, 0.4) is 0 Å². The van der Waals surface area contributed by atoms with E-state index in [0.29, 0.717) is 36.5 Å². The molecule has 15 aromatic rings.